The molecule has 3 aromatic heterocycles. The highest BCUT2D eigenvalue weighted by molar-refractivity contribution is 7.09. The molecule has 0 saturated heterocycles. The SMILES string of the molecule is O=C(CCc1nc2cccnc2n1-c1ccccc1)NCc1cccs1. The van der Waals surface area contributed by atoms with Crippen LogP contribution in [0, 0.1) is 0 Å². The van der Waals surface area contributed by atoms with Crippen LogP contribution in [0.5, 0.6) is 0 Å². The Balaban J connectivity index is 1.53. The third kappa shape index (κ3) is 3.50. The number of hydrogen-bond acceptors (Lipinski definition) is 4. The Morgan fingerprint density at radius 2 is 1.96 bits per heavy atom. The molecule has 0 aliphatic rings. The molecular formula is C20H18N4OS. The molecule has 4 aromatic rings. The standard InChI is InChI=1S/C20H18N4OS/c25-19(22-14-16-8-5-13-26-16)11-10-18-23-17-9-4-12-21-20(17)24(18)15-6-2-1-3-7-15/h1-9,12-13H,10-11,14H2,(H,22,25). The summed E-state index contributed by atoms with van der Waals surface area (Å²) < 4.78 is 2.03. The predicted octanol–water partition coefficient (Wildman–Crippen LogP) is 3.73. The van der Waals surface area contributed by atoms with Crippen LogP contribution < -0.4 is 5.32 Å². The molecule has 0 bridgehead atoms. The fraction of sp³-hybridized carbons (Fsp3) is 0.150. The number of thiophene rings is 1. The first-order valence-electron chi connectivity index (χ1n) is 8.48. The summed E-state index contributed by atoms with van der Waals surface area (Å²) in [6, 6.07) is 17.8. The molecule has 1 aromatic carbocycles. The van der Waals surface area contributed by atoms with Gasteiger partial charge < -0.3 is 5.32 Å². The monoisotopic (exact) mass is 362 g/mol. The summed E-state index contributed by atoms with van der Waals surface area (Å²) in [5, 5.41) is 4.98. The van der Waals surface area contributed by atoms with Crippen LogP contribution in [0.1, 0.15) is 17.1 Å². The molecular weight excluding hydrogens is 344 g/mol. The van der Waals surface area contributed by atoms with Crippen LogP contribution in [0.25, 0.3) is 16.9 Å². The van der Waals surface area contributed by atoms with Gasteiger partial charge in [-0.1, -0.05) is 24.3 Å². The van der Waals surface area contributed by atoms with Crippen LogP contribution in [0.2, 0.25) is 0 Å². The minimum Gasteiger partial charge on any atom is -0.351 e. The highest BCUT2D eigenvalue weighted by atomic mass is 32.1. The van der Waals surface area contributed by atoms with E-state index in [0.29, 0.717) is 19.4 Å². The van der Waals surface area contributed by atoms with Gasteiger partial charge in [-0.3, -0.25) is 9.36 Å². The fourth-order valence-corrected chi connectivity index (χ4v) is 3.53. The average Bonchev–Trinajstić information content (AvgIpc) is 3.32. The van der Waals surface area contributed by atoms with Gasteiger partial charge in [0, 0.05) is 29.6 Å². The van der Waals surface area contributed by atoms with E-state index in [-0.39, 0.29) is 5.91 Å². The van der Waals surface area contributed by atoms with E-state index in [1.807, 2.05) is 64.5 Å². The highest BCUT2D eigenvalue weighted by Gasteiger charge is 2.14. The zero-order valence-corrected chi connectivity index (χ0v) is 14.9. The molecule has 0 fully saturated rings. The lowest BCUT2D eigenvalue weighted by molar-refractivity contribution is -0.121. The summed E-state index contributed by atoms with van der Waals surface area (Å²) in [5.41, 5.74) is 2.65. The number of hydrogen-bond donors (Lipinski definition) is 1. The van der Waals surface area contributed by atoms with Crippen molar-refractivity contribution in [1.82, 2.24) is 19.9 Å². The predicted molar refractivity (Wildman–Crippen MR) is 103 cm³/mol. The van der Waals surface area contributed by atoms with Gasteiger partial charge in [0.05, 0.1) is 6.54 Å². The molecule has 0 aliphatic heterocycles. The minimum atomic E-state index is 0.0260. The molecule has 0 spiro atoms. The number of nitrogens with zero attached hydrogens (tertiary/aromatic N) is 3. The van der Waals surface area contributed by atoms with Crippen LogP contribution in [0.3, 0.4) is 0 Å². The van der Waals surface area contributed by atoms with Gasteiger partial charge in [-0.05, 0) is 35.7 Å². The lowest BCUT2D eigenvalue weighted by Gasteiger charge is -2.09. The maximum Gasteiger partial charge on any atom is 0.220 e. The number of rotatable bonds is 6. The third-order valence-corrected chi connectivity index (χ3v) is 4.99. The number of fused-ring (bicyclic) bond motifs is 1. The summed E-state index contributed by atoms with van der Waals surface area (Å²) in [7, 11) is 0. The first-order valence-corrected chi connectivity index (χ1v) is 9.36. The zero-order chi connectivity index (χ0) is 17.8. The van der Waals surface area contributed by atoms with Gasteiger partial charge in [-0.15, -0.1) is 11.3 Å². The molecule has 130 valence electrons. The minimum absolute atomic E-state index is 0.0260. The number of amides is 1. The van der Waals surface area contributed by atoms with Gasteiger partial charge in [-0.25, -0.2) is 9.97 Å². The van der Waals surface area contributed by atoms with Crippen molar-refractivity contribution < 1.29 is 4.79 Å². The summed E-state index contributed by atoms with van der Waals surface area (Å²) in [6.45, 7) is 0.577. The van der Waals surface area contributed by atoms with Crippen LogP contribution >= 0.6 is 11.3 Å². The van der Waals surface area contributed by atoms with E-state index < -0.39 is 0 Å². The second-order valence-electron chi connectivity index (χ2n) is 5.90. The van der Waals surface area contributed by atoms with Crippen molar-refractivity contribution in [2.75, 3.05) is 0 Å². The van der Waals surface area contributed by atoms with E-state index in [9.17, 15) is 4.79 Å². The summed E-state index contributed by atoms with van der Waals surface area (Å²) >= 11 is 1.64. The van der Waals surface area contributed by atoms with Crippen LogP contribution in [-0.2, 0) is 17.8 Å². The first kappa shape index (κ1) is 16.5. The second-order valence-corrected chi connectivity index (χ2v) is 6.93. The fourth-order valence-electron chi connectivity index (χ4n) is 2.89. The molecule has 0 saturated carbocycles. The van der Waals surface area contributed by atoms with Crippen molar-refractivity contribution in [3.8, 4) is 5.69 Å². The molecule has 26 heavy (non-hydrogen) atoms. The Morgan fingerprint density at radius 3 is 2.77 bits per heavy atom. The molecule has 0 aliphatic carbocycles. The van der Waals surface area contributed by atoms with E-state index in [0.717, 1.165) is 27.6 Å². The number of para-hydroxylation sites is 1. The van der Waals surface area contributed by atoms with Crippen molar-refractivity contribution in [1.29, 1.82) is 0 Å². The molecule has 1 N–H and O–H groups in total. The number of aromatic nitrogens is 3. The number of benzene rings is 1. The summed E-state index contributed by atoms with van der Waals surface area (Å²) in [4.78, 5) is 22.5. The first-order chi connectivity index (χ1) is 12.8. The van der Waals surface area contributed by atoms with Gasteiger partial charge in [0.25, 0.3) is 0 Å². The van der Waals surface area contributed by atoms with E-state index >= 15 is 0 Å². The third-order valence-electron chi connectivity index (χ3n) is 4.12. The second kappa shape index (κ2) is 7.49. The number of aryl methyl sites for hydroxylation is 1. The molecule has 0 atom stereocenters. The highest BCUT2D eigenvalue weighted by Crippen LogP contribution is 2.20. The quantitative estimate of drug-likeness (QED) is 0.568. The molecule has 3 heterocycles. The zero-order valence-electron chi connectivity index (χ0n) is 14.1. The number of nitrogens with one attached hydrogen (secondary N) is 1. The van der Waals surface area contributed by atoms with Crippen molar-refractivity contribution in [3.05, 3.63) is 76.9 Å². The van der Waals surface area contributed by atoms with Crippen molar-refractivity contribution in [2.45, 2.75) is 19.4 Å². The van der Waals surface area contributed by atoms with E-state index in [1.165, 1.54) is 0 Å². The Kier molecular flexibility index (Phi) is 4.75. The smallest absolute Gasteiger partial charge is 0.220 e. The van der Waals surface area contributed by atoms with Crippen LogP contribution in [-0.4, -0.2) is 20.4 Å². The molecule has 4 rings (SSSR count). The number of imidazole rings is 1. The van der Waals surface area contributed by atoms with Crippen LogP contribution in [0.15, 0.2) is 66.2 Å². The molecule has 0 radical (unpaired) electrons. The Labute approximate surface area is 155 Å². The summed E-state index contributed by atoms with van der Waals surface area (Å²) in [6.07, 6.45) is 2.71. The lowest BCUT2D eigenvalue weighted by Crippen LogP contribution is -2.23. The van der Waals surface area contributed by atoms with Gasteiger partial charge in [-0.2, -0.15) is 0 Å². The van der Waals surface area contributed by atoms with Crippen LogP contribution in [0.4, 0.5) is 0 Å². The van der Waals surface area contributed by atoms with Gasteiger partial charge >= 0.3 is 0 Å². The Bertz CT molecular complexity index is 1010. The maximum atomic E-state index is 12.2. The van der Waals surface area contributed by atoms with Gasteiger partial charge in [0.15, 0.2) is 5.65 Å². The van der Waals surface area contributed by atoms with Crippen molar-refractivity contribution in [2.24, 2.45) is 0 Å². The summed E-state index contributed by atoms with van der Waals surface area (Å²) in [5.74, 6) is 0.870. The van der Waals surface area contributed by atoms with Crippen molar-refractivity contribution in [3.63, 3.8) is 0 Å². The van der Waals surface area contributed by atoms with E-state index in [4.69, 9.17) is 4.98 Å². The number of pyridine rings is 1. The Morgan fingerprint density at radius 1 is 1.08 bits per heavy atom. The Hall–Kier alpha value is -2.99. The number of carbonyl (C=O) groups excluding carboxylic acids is 1. The molecule has 1 amide bonds. The molecule has 0 unspecified atom stereocenters. The molecule has 5 nitrogen and oxygen atoms in total. The van der Waals surface area contributed by atoms with E-state index in [1.54, 1.807) is 17.5 Å². The molecule has 6 heteroatoms. The maximum absolute atomic E-state index is 12.2. The topological polar surface area (TPSA) is 59.8 Å². The van der Waals surface area contributed by atoms with Gasteiger partial charge in [0.1, 0.15) is 11.3 Å². The lowest BCUT2D eigenvalue weighted by atomic mass is 10.2. The average molecular weight is 362 g/mol. The number of carbonyl (C=O) groups is 1. The largest absolute Gasteiger partial charge is 0.351 e. The normalized spacial score (nSPS) is 10.9. The van der Waals surface area contributed by atoms with Gasteiger partial charge in [0.2, 0.25) is 5.91 Å². The van der Waals surface area contributed by atoms with E-state index in [2.05, 4.69) is 10.3 Å². The van der Waals surface area contributed by atoms with Crippen molar-refractivity contribution >= 4 is 28.4 Å².